The molecule has 3 heterocycles. The lowest BCUT2D eigenvalue weighted by atomic mass is 9.56. The maximum Gasteiger partial charge on any atom is 0.0580 e. The Labute approximate surface area is 458 Å². The van der Waals surface area contributed by atoms with E-state index in [0.717, 1.165) is 18.7 Å². The van der Waals surface area contributed by atoms with Crippen LogP contribution in [0.4, 0.5) is 5.69 Å². The number of hydrogen-bond acceptors (Lipinski definition) is 1. The van der Waals surface area contributed by atoms with Crippen LogP contribution in [0.25, 0.3) is 88.0 Å². The molecule has 2 aliphatic heterocycles. The van der Waals surface area contributed by atoms with Gasteiger partial charge in [0, 0.05) is 56.4 Å². The van der Waals surface area contributed by atoms with Crippen molar-refractivity contribution in [3.63, 3.8) is 0 Å². The van der Waals surface area contributed by atoms with Gasteiger partial charge in [-0.1, -0.05) is 240 Å². The number of allylic oxidation sites excluding steroid dienone is 2. The molecule has 1 aromatic heterocycles. The van der Waals surface area contributed by atoms with Gasteiger partial charge in [0.2, 0.25) is 0 Å². The minimum absolute atomic E-state index is 0.0359. The lowest BCUT2D eigenvalue weighted by molar-refractivity contribution is 0.354. The number of hydrogen-bond donors (Lipinski definition) is 0. The molecule has 0 aliphatic carbocycles. The fraction of sp³-hybridized carbons (Fsp3) is 0.253. The van der Waals surface area contributed by atoms with E-state index in [2.05, 4.69) is 281 Å². The number of benzene rings is 9. The third-order valence-electron chi connectivity index (χ3n) is 18.0. The van der Waals surface area contributed by atoms with E-state index in [4.69, 9.17) is 6.58 Å². The third-order valence-corrected chi connectivity index (χ3v) is 18.0. The van der Waals surface area contributed by atoms with E-state index in [1.807, 2.05) is 0 Å². The van der Waals surface area contributed by atoms with Crippen molar-refractivity contribution in [2.24, 2.45) is 0 Å². The number of aromatic nitrogens is 1. The third kappa shape index (κ3) is 7.56. The molecule has 10 aromatic rings. The molecule has 2 aliphatic rings. The molecule has 0 radical (unpaired) electrons. The van der Waals surface area contributed by atoms with Gasteiger partial charge in [0.25, 0.3) is 0 Å². The standard InChI is InChI=1S/C75H74N2/c1-15-16-42-76-47(2)65(67-55-32-23-25-34-57(55)68(58-35-26-24-33-56(58)67)66-53(48-28-19-17-20-29-48)36-27-37-54(66)49-30-21-18-22-31-49)70-75(14,74(12,13)61-45-51(72(6,7)8)39-41-64(61)76)62-46-52(73(9,10)11)44-60-59-43-50(71(3,4)5)38-40-63(59)77(70)69(60)62/h15,17-41,43-46H,1-2,16,42H2,3-14H3. The topological polar surface area (TPSA) is 8.17 Å². The van der Waals surface area contributed by atoms with Crippen LogP contribution in [0.3, 0.4) is 0 Å². The first-order valence-corrected chi connectivity index (χ1v) is 28.0. The van der Waals surface area contributed by atoms with Gasteiger partial charge in [0.05, 0.1) is 11.0 Å². The highest BCUT2D eigenvalue weighted by Crippen LogP contribution is 2.65. The summed E-state index contributed by atoms with van der Waals surface area (Å²) in [6.07, 6.45) is 2.86. The van der Waals surface area contributed by atoms with E-state index in [1.54, 1.807) is 0 Å². The van der Waals surface area contributed by atoms with E-state index in [-0.39, 0.29) is 16.2 Å². The van der Waals surface area contributed by atoms with Gasteiger partial charge >= 0.3 is 0 Å². The Morgan fingerprint density at radius 3 is 1.48 bits per heavy atom. The zero-order valence-corrected chi connectivity index (χ0v) is 47.5. The van der Waals surface area contributed by atoms with Crippen LogP contribution in [0.15, 0.2) is 201 Å². The number of rotatable bonds is 7. The Balaban J connectivity index is 1.32. The van der Waals surface area contributed by atoms with Crippen LogP contribution in [0, 0.1) is 0 Å². The first-order chi connectivity index (χ1) is 36.7. The Morgan fingerprint density at radius 2 is 0.948 bits per heavy atom. The summed E-state index contributed by atoms with van der Waals surface area (Å²) in [7, 11) is 0. The maximum absolute atomic E-state index is 5.43. The monoisotopic (exact) mass is 1000 g/mol. The van der Waals surface area contributed by atoms with E-state index in [0.29, 0.717) is 0 Å². The second-order valence-corrected chi connectivity index (χ2v) is 25.9. The van der Waals surface area contributed by atoms with Crippen molar-refractivity contribution in [2.45, 2.75) is 117 Å². The van der Waals surface area contributed by atoms with Crippen LogP contribution in [-0.4, -0.2) is 11.1 Å². The molecule has 0 fully saturated rings. The van der Waals surface area contributed by atoms with Crippen molar-refractivity contribution in [2.75, 3.05) is 11.4 Å². The van der Waals surface area contributed by atoms with Gasteiger partial charge in [-0.3, -0.25) is 0 Å². The number of fused-ring (bicyclic) bond motifs is 9. The van der Waals surface area contributed by atoms with Crippen molar-refractivity contribution in [3.8, 4) is 33.4 Å². The minimum atomic E-state index is -0.589. The summed E-state index contributed by atoms with van der Waals surface area (Å²) >= 11 is 0. The summed E-state index contributed by atoms with van der Waals surface area (Å²) in [6, 6.07) is 67.1. The smallest absolute Gasteiger partial charge is 0.0580 e. The molecule has 0 N–H and O–H groups in total. The highest BCUT2D eigenvalue weighted by molar-refractivity contribution is 6.26. The normalized spacial score (nSPS) is 16.6. The zero-order valence-electron chi connectivity index (χ0n) is 47.5. The summed E-state index contributed by atoms with van der Waals surface area (Å²) in [6.45, 7) is 39.4. The summed E-state index contributed by atoms with van der Waals surface area (Å²) in [5.41, 5.74) is 21.1. The molecule has 384 valence electrons. The second kappa shape index (κ2) is 17.7. The number of anilines is 1. The highest BCUT2D eigenvalue weighted by atomic mass is 15.2. The van der Waals surface area contributed by atoms with Crippen LogP contribution in [0.1, 0.15) is 123 Å². The summed E-state index contributed by atoms with van der Waals surface area (Å²) < 4.78 is 2.72. The highest BCUT2D eigenvalue weighted by Gasteiger charge is 2.56. The molecule has 0 spiro atoms. The van der Waals surface area contributed by atoms with Crippen LogP contribution in [0.5, 0.6) is 0 Å². The molecular formula is C75H74N2. The van der Waals surface area contributed by atoms with Crippen molar-refractivity contribution >= 4 is 60.3 Å². The van der Waals surface area contributed by atoms with Crippen molar-refractivity contribution in [1.29, 1.82) is 0 Å². The Hall–Kier alpha value is -7.68. The summed E-state index contributed by atoms with van der Waals surface area (Å²) in [4.78, 5) is 2.56. The molecule has 0 saturated heterocycles. The lowest BCUT2D eigenvalue weighted by Crippen LogP contribution is -2.46. The lowest BCUT2D eigenvalue weighted by Gasteiger charge is -2.50. The molecular weight excluding hydrogens is 929 g/mol. The summed E-state index contributed by atoms with van der Waals surface area (Å²) in [5, 5.41) is 7.44. The van der Waals surface area contributed by atoms with Gasteiger partial charge in [-0.05, 0) is 137 Å². The van der Waals surface area contributed by atoms with Gasteiger partial charge < -0.3 is 9.47 Å². The van der Waals surface area contributed by atoms with Crippen molar-refractivity contribution in [1.82, 2.24) is 4.57 Å². The van der Waals surface area contributed by atoms with E-state index in [9.17, 15) is 0 Å². The van der Waals surface area contributed by atoms with E-state index in [1.165, 1.54) is 127 Å². The predicted molar refractivity (Wildman–Crippen MR) is 335 cm³/mol. The molecule has 0 saturated carbocycles. The van der Waals surface area contributed by atoms with Gasteiger partial charge in [-0.15, -0.1) is 6.58 Å². The molecule has 9 aromatic carbocycles. The molecule has 1 atom stereocenters. The molecule has 2 nitrogen and oxygen atoms in total. The zero-order chi connectivity index (χ0) is 54.1. The molecule has 0 amide bonds. The Kier molecular flexibility index (Phi) is 11.5. The quantitative estimate of drug-likeness (QED) is 0.114. The van der Waals surface area contributed by atoms with Gasteiger partial charge in [0.15, 0.2) is 0 Å². The average Bonchev–Trinajstić information content (AvgIpc) is 3.23. The molecule has 2 heteroatoms. The Bertz CT molecular complexity index is 3980. The maximum atomic E-state index is 5.43. The molecule has 77 heavy (non-hydrogen) atoms. The van der Waals surface area contributed by atoms with Crippen LogP contribution in [-0.2, 0) is 27.1 Å². The summed E-state index contributed by atoms with van der Waals surface area (Å²) in [5.74, 6) is 0. The van der Waals surface area contributed by atoms with E-state index < -0.39 is 10.8 Å². The first kappa shape index (κ1) is 50.2. The van der Waals surface area contributed by atoms with Crippen LogP contribution >= 0.6 is 0 Å². The molecule has 0 bridgehead atoms. The fourth-order valence-corrected chi connectivity index (χ4v) is 13.4. The minimum Gasteiger partial charge on any atom is -0.341 e. The van der Waals surface area contributed by atoms with Gasteiger partial charge in [0.1, 0.15) is 0 Å². The number of nitrogens with zero attached hydrogens (tertiary/aromatic N) is 2. The van der Waals surface area contributed by atoms with E-state index >= 15 is 0 Å². The van der Waals surface area contributed by atoms with Gasteiger partial charge in [-0.2, -0.15) is 0 Å². The predicted octanol–water partition coefficient (Wildman–Crippen LogP) is 20.5. The van der Waals surface area contributed by atoms with Crippen molar-refractivity contribution in [3.05, 3.63) is 234 Å². The largest absolute Gasteiger partial charge is 0.341 e. The van der Waals surface area contributed by atoms with Crippen LogP contribution < -0.4 is 4.90 Å². The second-order valence-electron chi connectivity index (χ2n) is 25.9. The Morgan fingerprint density at radius 1 is 0.468 bits per heavy atom. The SMILES string of the molecule is C=CCCN1C(=C)C(c2c3ccccc3c(-c3c(-c4ccccc4)cccc3-c3ccccc3)c3ccccc23)=C2n3c4ccc(C(C)(C)C)cc4c4cc(C(C)(C)C)cc(c43)C2(C)C(C)(C)c2cc(C(C)(C)C)ccc21. The average molecular weight is 1000 g/mol. The van der Waals surface area contributed by atoms with Gasteiger partial charge in [-0.25, -0.2) is 0 Å². The first-order valence-electron chi connectivity index (χ1n) is 28.0. The molecule has 12 rings (SSSR count). The van der Waals surface area contributed by atoms with Crippen molar-refractivity contribution < 1.29 is 0 Å². The van der Waals surface area contributed by atoms with Crippen LogP contribution in [0.2, 0.25) is 0 Å². The molecule has 1 unspecified atom stereocenters. The fourth-order valence-electron chi connectivity index (χ4n) is 13.4.